The number of nitrogens with one attached hydrogen (secondary N) is 1. The molecule has 1 saturated heterocycles. The van der Waals surface area contributed by atoms with Crippen LogP contribution < -0.4 is 5.32 Å². The van der Waals surface area contributed by atoms with Gasteiger partial charge in [-0.3, -0.25) is 0 Å². The quantitative estimate of drug-likeness (QED) is 0.640. The third-order valence-corrected chi connectivity index (χ3v) is 2.50. The summed E-state index contributed by atoms with van der Waals surface area (Å²) in [4.78, 5) is 8.90. The third kappa shape index (κ3) is 2.81. The molecule has 0 aromatic heterocycles. The van der Waals surface area contributed by atoms with Crippen LogP contribution in [0.3, 0.4) is 0 Å². The van der Waals surface area contributed by atoms with E-state index in [0.717, 1.165) is 13.0 Å². The van der Waals surface area contributed by atoms with Crippen molar-refractivity contribution in [2.45, 2.75) is 31.0 Å². The van der Waals surface area contributed by atoms with Crippen molar-refractivity contribution in [2.24, 2.45) is 5.92 Å². The Bertz CT molecular complexity index is 264. The van der Waals surface area contributed by atoms with Crippen molar-refractivity contribution in [1.82, 2.24) is 5.32 Å². The summed E-state index contributed by atoms with van der Waals surface area (Å²) in [5, 5.41) is 9.92. The molecule has 8 heteroatoms. The normalized spacial score (nSPS) is 30.8. The number of carboxylic acid groups (broad SMARTS) is 1. The summed E-state index contributed by atoms with van der Waals surface area (Å²) in [6.07, 6.45) is -3.46. The van der Waals surface area contributed by atoms with Gasteiger partial charge in [0.25, 0.3) is 5.92 Å². The van der Waals surface area contributed by atoms with E-state index in [-0.39, 0.29) is 5.92 Å². The molecule has 0 spiro atoms. The van der Waals surface area contributed by atoms with E-state index in [0.29, 0.717) is 6.42 Å². The lowest BCUT2D eigenvalue weighted by Crippen LogP contribution is -2.25. The maximum Gasteiger partial charge on any atom is 0.490 e. The minimum absolute atomic E-state index is 0.328. The van der Waals surface area contributed by atoms with Crippen LogP contribution in [0.4, 0.5) is 22.0 Å². The van der Waals surface area contributed by atoms with Gasteiger partial charge in [0.15, 0.2) is 0 Å². The minimum atomic E-state index is -5.08. The summed E-state index contributed by atoms with van der Waals surface area (Å²) >= 11 is 0. The van der Waals surface area contributed by atoms with Gasteiger partial charge in [-0.1, -0.05) is 0 Å². The van der Waals surface area contributed by atoms with Crippen LogP contribution in [0, 0.1) is 5.92 Å². The van der Waals surface area contributed by atoms with Crippen molar-refractivity contribution in [2.75, 3.05) is 6.54 Å². The standard InChI is InChI=1S/C6H9F2N.C2HF3O2/c7-6(8)4-2-1-3-9-5(4)6;3-2(4,5)1(6)7/h4-5,9H,1-3H2;(H,6,7). The Labute approximate surface area is 87.6 Å². The topological polar surface area (TPSA) is 49.3 Å². The van der Waals surface area contributed by atoms with Crippen molar-refractivity contribution in [1.29, 1.82) is 0 Å². The van der Waals surface area contributed by atoms with E-state index in [4.69, 9.17) is 9.90 Å². The fourth-order valence-corrected chi connectivity index (χ4v) is 1.61. The first-order valence-corrected chi connectivity index (χ1v) is 4.58. The highest BCUT2D eigenvalue weighted by Gasteiger charge is 2.68. The maximum absolute atomic E-state index is 12.4. The van der Waals surface area contributed by atoms with Crippen molar-refractivity contribution in [3.8, 4) is 0 Å². The van der Waals surface area contributed by atoms with Crippen LogP contribution in [-0.2, 0) is 4.79 Å². The highest BCUT2D eigenvalue weighted by atomic mass is 19.4. The molecule has 1 heterocycles. The lowest BCUT2D eigenvalue weighted by molar-refractivity contribution is -0.192. The Morgan fingerprint density at radius 2 is 1.88 bits per heavy atom. The summed E-state index contributed by atoms with van der Waals surface area (Å²) in [5.74, 6) is -5.45. The number of hydrogen-bond donors (Lipinski definition) is 2. The molecule has 2 fully saturated rings. The van der Waals surface area contributed by atoms with Gasteiger partial charge in [0, 0.05) is 5.92 Å². The van der Waals surface area contributed by atoms with Gasteiger partial charge in [-0.05, 0) is 19.4 Å². The highest BCUT2D eigenvalue weighted by Crippen LogP contribution is 2.52. The molecule has 1 aliphatic carbocycles. The Morgan fingerprint density at radius 3 is 2.12 bits per heavy atom. The zero-order valence-electron chi connectivity index (χ0n) is 8.02. The van der Waals surface area contributed by atoms with Gasteiger partial charge >= 0.3 is 12.1 Å². The molecule has 1 aliphatic heterocycles. The summed E-state index contributed by atoms with van der Waals surface area (Å²) in [6, 6.07) is -0.466. The van der Waals surface area contributed by atoms with E-state index >= 15 is 0 Å². The Kier molecular flexibility index (Phi) is 3.41. The molecular formula is C8H10F5NO2. The molecule has 16 heavy (non-hydrogen) atoms. The lowest BCUT2D eigenvalue weighted by Gasteiger charge is -2.05. The second kappa shape index (κ2) is 4.15. The summed E-state index contributed by atoms with van der Waals surface area (Å²) in [7, 11) is 0. The molecule has 0 amide bonds. The van der Waals surface area contributed by atoms with E-state index in [1.165, 1.54) is 0 Å². The van der Waals surface area contributed by atoms with E-state index in [1.54, 1.807) is 0 Å². The molecule has 2 atom stereocenters. The Morgan fingerprint density at radius 1 is 1.38 bits per heavy atom. The predicted molar refractivity (Wildman–Crippen MR) is 43.2 cm³/mol. The van der Waals surface area contributed by atoms with Gasteiger partial charge in [-0.15, -0.1) is 0 Å². The lowest BCUT2D eigenvalue weighted by atomic mass is 10.2. The molecule has 0 aromatic carbocycles. The largest absolute Gasteiger partial charge is 0.490 e. The number of carboxylic acids is 1. The molecule has 2 rings (SSSR count). The first kappa shape index (κ1) is 13.1. The van der Waals surface area contributed by atoms with Crippen molar-refractivity contribution in [3.05, 3.63) is 0 Å². The molecule has 2 unspecified atom stereocenters. The third-order valence-electron chi connectivity index (χ3n) is 2.50. The van der Waals surface area contributed by atoms with Crippen LogP contribution in [0.5, 0.6) is 0 Å². The van der Waals surface area contributed by atoms with E-state index in [2.05, 4.69) is 5.32 Å². The van der Waals surface area contributed by atoms with Gasteiger partial charge < -0.3 is 10.4 Å². The maximum atomic E-state index is 12.4. The number of piperidine rings is 1. The fourth-order valence-electron chi connectivity index (χ4n) is 1.61. The number of hydrogen-bond acceptors (Lipinski definition) is 2. The van der Waals surface area contributed by atoms with Crippen LogP contribution in [-0.4, -0.2) is 35.8 Å². The average Bonchev–Trinajstić information content (AvgIpc) is 2.70. The number of fused-ring (bicyclic) bond motifs is 1. The van der Waals surface area contributed by atoms with E-state index in [1.807, 2.05) is 0 Å². The van der Waals surface area contributed by atoms with E-state index < -0.39 is 24.1 Å². The van der Waals surface area contributed by atoms with Crippen molar-refractivity contribution >= 4 is 5.97 Å². The monoisotopic (exact) mass is 247 g/mol. The SMILES string of the molecule is FC1(F)C2CCCNC21.O=C(O)C(F)(F)F. The number of carbonyl (C=O) groups is 1. The average molecular weight is 247 g/mol. The fraction of sp³-hybridized carbons (Fsp3) is 0.875. The summed E-state index contributed by atoms with van der Waals surface area (Å²) in [6.45, 7) is 0.775. The molecule has 94 valence electrons. The van der Waals surface area contributed by atoms with Crippen LogP contribution in [0.25, 0.3) is 0 Å². The van der Waals surface area contributed by atoms with Crippen LogP contribution >= 0.6 is 0 Å². The van der Waals surface area contributed by atoms with E-state index in [9.17, 15) is 22.0 Å². The molecule has 2 aliphatic rings. The molecule has 0 radical (unpaired) electrons. The molecule has 1 saturated carbocycles. The van der Waals surface area contributed by atoms with Gasteiger partial charge in [-0.25, -0.2) is 13.6 Å². The molecule has 0 aromatic rings. The molecular weight excluding hydrogens is 237 g/mol. The minimum Gasteiger partial charge on any atom is -0.475 e. The summed E-state index contributed by atoms with van der Waals surface area (Å²) in [5.41, 5.74) is 0. The Hall–Kier alpha value is -0.920. The van der Waals surface area contributed by atoms with Crippen molar-refractivity contribution in [3.63, 3.8) is 0 Å². The number of halogens is 5. The smallest absolute Gasteiger partial charge is 0.475 e. The number of alkyl halides is 5. The zero-order chi connectivity index (χ0) is 12.6. The van der Waals surface area contributed by atoms with Crippen LogP contribution in [0.15, 0.2) is 0 Å². The number of aliphatic carboxylic acids is 1. The van der Waals surface area contributed by atoms with Gasteiger partial charge in [0.1, 0.15) is 0 Å². The first-order chi connectivity index (χ1) is 7.17. The molecule has 2 N–H and O–H groups in total. The summed E-state index contributed by atoms with van der Waals surface area (Å²) < 4.78 is 56.6. The van der Waals surface area contributed by atoms with Gasteiger partial charge in [0.05, 0.1) is 6.04 Å². The van der Waals surface area contributed by atoms with Crippen LogP contribution in [0.2, 0.25) is 0 Å². The number of rotatable bonds is 0. The zero-order valence-corrected chi connectivity index (χ0v) is 8.02. The highest BCUT2D eigenvalue weighted by molar-refractivity contribution is 5.73. The second-order valence-electron chi connectivity index (χ2n) is 3.66. The second-order valence-corrected chi connectivity index (χ2v) is 3.66. The Balaban J connectivity index is 0.000000168. The van der Waals surface area contributed by atoms with Gasteiger partial charge in [-0.2, -0.15) is 13.2 Å². The predicted octanol–water partition coefficient (Wildman–Crippen LogP) is 1.64. The molecule has 3 nitrogen and oxygen atoms in total. The molecule has 0 bridgehead atoms. The first-order valence-electron chi connectivity index (χ1n) is 4.58. The van der Waals surface area contributed by atoms with Crippen molar-refractivity contribution < 1.29 is 31.9 Å². The van der Waals surface area contributed by atoms with Gasteiger partial charge in [0.2, 0.25) is 0 Å². The van der Waals surface area contributed by atoms with Crippen LogP contribution in [0.1, 0.15) is 12.8 Å².